The summed E-state index contributed by atoms with van der Waals surface area (Å²) in [7, 11) is 1.50. The predicted molar refractivity (Wildman–Crippen MR) is 72.4 cm³/mol. The maximum atomic E-state index is 9.56. The molecule has 0 bridgehead atoms. The van der Waals surface area contributed by atoms with E-state index in [-0.39, 0.29) is 5.75 Å². The number of phenols is 1. The Bertz CT molecular complexity index is 593. The van der Waals surface area contributed by atoms with Crippen LogP contribution in [0.5, 0.6) is 11.5 Å². The zero-order chi connectivity index (χ0) is 13.9. The number of hydrogen-bond acceptors (Lipinski definition) is 6. The van der Waals surface area contributed by atoms with E-state index >= 15 is 0 Å². The minimum atomic E-state index is 0.0890. The van der Waals surface area contributed by atoms with Crippen LogP contribution in [0.1, 0.15) is 18.7 Å². The summed E-state index contributed by atoms with van der Waals surface area (Å²) in [5.74, 6) is 2.35. The molecule has 1 aliphatic rings. The molecule has 2 aromatic rings. The lowest BCUT2D eigenvalue weighted by Gasteiger charge is -2.03. The van der Waals surface area contributed by atoms with Gasteiger partial charge in [-0.05, 0) is 43.5 Å². The largest absolute Gasteiger partial charge is 0.504 e. The van der Waals surface area contributed by atoms with Gasteiger partial charge in [-0.15, -0.1) is 0 Å². The van der Waals surface area contributed by atoms with Gasteiger partial charge in [-0.25, -0.2) is 0 Å². The Balaban J connectivity index is 1.68. The summed E-state index contributed by atoms with van der Waals surface area (Å²) in [6.07, 6.45) is 2.63. The lowest BCUT2D eigenvalue weighted by Crippen LogP contribution is -2.16. The van der Waals surface area contributed by atoms with E-state index in [1.165, 1.54) is 20.0 Å². The standard InChI is InChI=1S/C14H17N3O3/c1-19-12-6-10(4-5-11(12)18)14-16-13(20-17-14)8-15-7-9-2-3-9/h4-6,9,15,18H,2-3,7-8H2,1H3. The summed E-state index contributed by atoms with van der Waals surface area (Å²) in [5, 5.41) is 16.8. The molecule has 0 saturated heterocycles. The highest BCUT2D eigenvalue weighted by atomic mass is 16.5. The number of ether oxygens (including phenoxy) is 1. The number of phenolic OH excluding ortho intramolecular Hbond substituents is 1. The van der Waals surface area contributed by atoms with Crippen LogP contribution in [0.15, 0.2) is 22.7 Å². The second-order valence-corrected chi connectivity index (χ2v) is 4.97. The Morgan fingerprint density at radius 2 is 2.30 bits per heavy atom. The fourth-order valence-electron chi connectivity index (χ4n) is 1.97. The first-order valence-electron chi connectivity index (χ1n) is 6.67. The molecule has 3 rings (SSSR count). The van der Waals surface area contributed by atoms with E-state index in [1.54, 1.807) is 18.2 Å². The van der Waals surface area contributed by atoms with Crippen LogP contribution in [0.2, 0.25) is 0 Å². The number of nitrogens with one attached hydrogen (secondary N) is 1. The van der Waals surface area contributed by atoms with E-state index in [1.807, 2.05) is 0 Å². The average molecular weight is 275 g/mol. The first-order chi connectivity index (χ1) is 9.76. The van der Waals surface area contributed by atoms with Crippen molar-refractivity contribution in [2.75, 3.05) is 13.7 Å². The molecule has 2 N–H and O–H groups in total. The highest BCUT2D eigenvalue weighted by molar-refractivity contribution is 5.60. The third-order valence-electron chi connectivity index (χ3n) is 3.31. The van der Waals surface area contributed by atoms with Gasteiger partial charge in [0.1, 0.15) is 0 Å². The molecule has 106 valence electrons. The minimum Gasteiger partial charge on any atom is -0.504 e. The highest BCUT2D eigenvalue weighted by Crippen LogP contribution is 2.30. The first kappa shape index (κ1) is 12.9. The monoisotopic (exact) mass is 275 g/mol. The van der Waals surface area contributed by atoms with Crippen molar-refractivity contribution in [3.05, 3.63) is 24.1 Å². The third-order valence-corrected chi connectivity index (χ3v) is 3.31. The fraction of sp³-hybridized carbons (Fsp3) is 0.429. The van der Waals surface area contributed by atoms with Crippen LogP contribution in [-0.4, -0.2) is 28.9 Å². The third kappa shape index (κ3) is 2.91. The highest BCUT2D eigenvalue weighted by Gasteiger charge is 2.20. The van der Waals surface area contributed by atoms with Crippen molar-refractivity contribution in [2.24, 2.45) is 5.92 Å². The molecule has 6 heteroatoms. The molecule has 6 nitrogen and oxygen atoms in total. The summed E-state index contributed by atoms with van der Waals surface area (Å²) >= 11 is 0. The molecular weight excluding hydrogens is 258 g/mol. The molecule has 1 aromatic heterocycles. The number of aromatic nitrogens is 2. The van der Waals surface area contributed by atoms with Gasteiger partial charge in [0.2, 0.25) is 11.7 Å². The number of nitrogens with zero attached hydrogens (tertiary/aromatic N) is 2. The normalized spacial score (nSPS) is 14.4. The summed E-state index contributed by atoms with van der Waals surface area (Å²) in [6.45, 7) is 1.59. The topological polar surface area (TPSA) is 80.4 Å². The molecule has 0 radical (unpaired) electrons. The molecule has 0 aliphatic heterocycles. The number of benzene rings is 1. The maximum absolute atomic E-state index is 9.56. The molecule has 0 spiro atoms. The first-order valence-corrected chi connectivity index (χ1v) is 6.67. The van der Waals surface area contributed by atoms with Crippen LogP contribution in [0.4, 0.5) is 0 Å². The summed E-state index contributed by atoms with van der Waals surface area (Å²) < 4.78 is 10.3. The Hall–Kier alpha value is -2.08. The number of methoxy groups -OCH3 is 1. The molecule has 0 unspecified atom stereocenters. The Morgan fingerprint density at radius 1 is 1.45 bits per heavy atom. The molecule has 1 aromatic carbocycles. The zero-order valence-corrected chi connectivity index (χ0v) is 11.3. The maximum Gasteiger partial charge on any atom is 0.240 e. The summed E-state index contributed by atoms with van der Waals surface area (Å²) in [4.78, 5) is 4.33. The number of hydrogen-bond donors (Lipinski definition) is 2. The van der Waals surface area contributed by atoms with Gasteiger partial charge in [-0.3, -0.25) is 0 Å². The zero-order valence-electron chi connectivity index (χ0n) is 11.3. The molecule has 1 heterocycles. The van der Waals surface area contributed by atoms with Crippen molar-refractivity contribution >= 4 is 0 Å². The summed E-state index contributed by atoms with van der Waals surface area (Å²) in [6, 6.07) is 4.96. The number of aromatic hydroxyl groups is 1. The van der Waals surface area contributed by atoms with Gasteiger partial charge >= 0.3 is 0 Å². The van der Waals surface area contributed by atoms with Crippen molar-refractivity contribution in [1.29, 1.82) is 0 Å². The van der Waals surface area contributed by atoms with E-state index in [2.05, 4.69) is 15.5 Å². The second-order valence-electron chi connectivity index (χ2n) is 4.97. The lowest BCUT2D eigenvalue weighted by molar-refractivity contribution is 0.366. The smallest absolute Gasteiger partial charge is 0.240 e. The van der Waals surface area contributed by atoms with Gasteiger partial charge in [0.25, 0.3) is 0 Å². The van der Waals surface area contributed by atoms with E-state index in [0.29, 0.717) is 24.0 Å². The molecule has 1 fully saturated rings. The van der Waals surface area contributed by atoms with Crippen molar-refractivity contribution in [2.45, 2.75) is 19.4 Å². The van der Waals surface area contributed by atoms with Crippen molar-refractivity contribution < 1.29 is 14.4 Å². The van der Waals surface area contributed by atoms with E-state index < -0.39 is 0 Å². The van der Waals surface area contributed by atoms with Gasteiger partial charge in [0, 0.05) is 5.56 Å². The van der Waals surface area contributed by atoms with Crippen molar-refractivity contribution in [3.8, 4) is 22.9 Å². The SMILES string of the molecule is COc1cc(-c2noc(CNCC3CC3)n2)ccc1O. The van der Waals surface area contributed by atoms with Gasteiger partial charge < -0.3 is 19.7 Å². The van der Waals surface area contributed by atoms with Crippen LogP contribution >= 0.6 is 0 Å². The lowest BCUT2D eigenvalue weighted by atomic mass is 10.2. The minimum absolute atomic E-state index is 0.0890. The van der Waals surface area contributed by atoms with Crippen molar-refractivity contribution in [3.63, 3.8) is 0 Å². The van der Waals surface area contributed by atoms with Crippen LogP contribution in [0.3, 0.4) is 0 Å². The van der Waals surface area contributed by atoms with Crippen LogP contribution in [-0.2, 0) is 6.54 Å². The molecule has 0 amide bonds. The molecule has 1 saturated carbocycles. The van der Waals surface area contributed by atoms with Crippen LogP contribution in [0.25, 0.3) is 11.4 Å². The fourth-order valence-corrected chi connectivity index (χ4v) is 1.97. The van der Waals surface area contributed by atoms with Crippen LogP contribution in [0, 0.1) is 5.92 Å². The van der Waals surface area contributed by atoms with E-state index in [9.17, 15) is 5.11 Å². The summed E-state index contributed by atoms with van der Waals surface area (Å²) in [5.41, 5.74) is 0.747. The van der Waals surface area contributed by atoms with Gasteiger partial charge in [0.05, 0.1) is 13.7 Å². The Kier molecular flexibility index (Phi) is 3.56. The Morgan fingerprint density at radius 3 is 3.05 bits per heavy atom. The van der Waals surface area contributed by atoms with Crippen LogP contribution < -0.4 is 10.1 Å². The predicted octanol–water partition coefficient (Wildman–Crippen LogP) is 1.95. The van der Waals surface area contributed by atoms with E-state index in [4.69, 9.17) is 9.26 Å². The molecular formula is C14H17N3O3. The second kappa shape index (κ2) is 5.50. The van der Waals surface area contributed by atoms with Gasteiger partial charge in [-0.2, -0.15) is 4.98 Å². The molecule has 20 heavy (non-hydrogen) atoms. The average Bonchev–Trinajstić information content (AvgIpc) is 3.16. The van der Waals surface area contributed by atoms with Gasteiger partial charge in [0.15, 0.2) is 11.5 Å². The van der Waals surface area contributed by atoms with Gasteiger partial charge in [-0.1, -0.05) is 5.16 Å². The Labute approximate surface area is 116 Å². The quantitative estimate of drug-likeness (QED) is 0.838. The molecule has 0 atom stereocenters. The van der Waals surface area contributed by atoms with Crippen molar-refractivity contribution in [1.82, 2.24) is 15.5 Å². The molecule has 1 aliphatic carbocycles. The van der Waals surface area contributed by atoms with E-state index in [0.717, 1.165) is 18.0 Å². The number of rotatable bonds is 6.